The summed E-state index contributed by atoms with van der Waals surface area (Å²) in [7, 11) is 0. The van der Waals surface area contributed by atoms with Gasteiger partial charge in [-0.05, 0) is 18.2 Å². The number of aromatic nitrogens is 2. The summed E-state index contributed by atoms with van der Waals surface area (Å²) in [5, 5.41) is 4.35. The third-order valence-electron chi connectivity index (χ3n) is 4.05. The number of carbonyl (C=O) groups is 2. The molecule has 4 rings (SSSR count). The second kappa shape index (κ2) is 6.84. The molecule has 0 aliphatic carbocycles. The summed E-state index contributed by atoms with van der Waals surface area (Å²) in [6.07, 6.45) is 3.17. The van der Waals surface area contributed by atoms with Gasteiger partial charge in [0.2, 0.25) is 11.8 Å². The molecule has 132 valence electrons. The predicted octanol–water partition coefficient (Wildman–Crippen LogP) is 3.55. The van der Waals surface area contributed by atoms with Crippen LogP contribution in [0.3, 0.4) is 0 Å². The normalized spacial score (nSPS) is 14.9. The molecule has 0 fully saturated rings. The quantitative estimate of drug-likeness (QED) is 0.531. The molecule has 2 heterocycles. The van der Waals surface area contributed by atoms with Crippen molar-refractivity contribution < 1.29 is 14.3 Å². The van der Waals surface area contributed by atoms with E-state index in [1.165, 1.54) is 11.6 Å². The highest BCUT2D eigenvalue weighted by atomic mass is 16.6. The Morgan fingerprint density at radius 2 is 1.63 bits per heavy atom. The molecule has 0 unspecified atom stereocenters. The second-order valence-electron chi connectivity index (χ2n) is 5.96. The van der Waals surface area contributed by atoms with E-state index in [4.69, 9.17) is 4.74 Å². The molecule has 6 heteroatoms. The third-order valence-corrected chi connectivity index (χ3v) is 4.05. The van der Waals surface area contributed by atoms with E-state index in [1.807, 2.05) is 60.7 Å². The molecule has 0 amide bonds. The standard InChI is InChI=1S/C21H15N3O3/c1-14(25)24-13-17(19(23-24)15-8-4-2-5-9-15)12-18-21(26)27-20(22-18)16-10-6-3-7-11-16/h2-13H,1H3. The van der Waals surface area contributed by atoms with Gasteiger partial charge in [0.1, 0.15) is 5.69 Å². The number of esters is 1. The largest absolute Gasteiger partial charge is 0.402 e. The van der Waals surface area contributed by atoms with Crippen LogP contribution in [0.5, 0.6) is 0 Å². The molecule has 1 aliphatic rings. The van der Waals surface area contributed by atoms with E-state index in [-0.39, 0.29) is 17.5 Å². The number of cyclic esters (lactones) is 1. The van der Waals surface area contributed by atoms with Crippen molar-refractivity contribution >= 4 is 23.9 Å². The van der Waals surface area contributed by atoms with Gasteiger partial charge in [-0.1, -0.05) is 48.5 Å². The molecule has 27 heavy (non-hydrogen) atoms. The van der Waals surface area contributed by atoms with E-state index in [2.05, 4.69) is 10.1 Å². The van der Waals surface area contributed by atoms with E-state index >= 15 is 0 Å². The monoisotopic (exact) mass is 357 g/mol. The lowest BCUT2D eigenvalue weighted by Gasteiger charge is -1.98. The van der Waals surface area contributed by atoms with Crippen LogP contribution in [0.25, 0.3) is 17.3 Å². The van der Waals surface area contributed by atoms with Crippen molar-refractivity contribution in [2.24, 2.45) is 4.99 Å². The van der Waals surface area contributed by atoms with Crippen molar-refractivity contribution in [3.05, 3.63) is 83.7 Å². The maximum atomic E-state index is 12.3. The van der Waals surface area contributed by atoms with Crippen LogP contribution < -0.4 is 0 Å². The number of aliphatic imine (C=N–C) groups is 1. The molecule has 0 saturated carbocycles. The van der Waals surface area contributed by atoms with Gasteiger partial charge in [0.25, 0.3) is 0 Å². The summed E-state index contributed by atoms with van der Waals surface area (Å²) in [5.74, 6) is -0.505. The first-order valence-corrected chi connectivity index (χ1v) is 8.36. The molecule has 0 N–H and O–H groups in total. The minimum Gasteiger partial charge on any atom is -0.402 e. The smallest absolute Gasteiger partial charge is 0.363 e. The summed E-state index contributed by atoms with van der Waals surface area (Å²) >= 11 is 0. The Morgan fingerprint density at radius 1 is 1.00 bits per heavy atom. The molecule has 0 radical (unpaired) electrons. The molecule has 6 nitrogen and oxygen atoms in total. The Morgan fingerprint density at radius 3 is 2.26 bits per heavy atom. The van der Waals surface area contributed by atoms with Gasteiger partial charge in [0, 0.05) is 29.8 Å². The number of hydrogen-bond acceptors (Lipinski definition) is 5. The average molecular weight is 357 g/mol. The van der Waals surface area contributed by atoms with E-state index in [0.717, 1.165) is 11.1 Å². The number of carbonyl (C=O) groups excluding carboxylic acids is 2. The number of hydrogen-bond donors (Lipinski definition) is 0. The minimum atomic E-state index is -0.538. The van der Waals surface area contributed by atoms with Crippen LogP contribution in [0, 0.1) is 0 Å². The van der Waals surface area contributed by atoms with Gasteiger partial charge in [0.05, 0.1) is 0 Å². The number of nitrogens with zero attached hydrogens (tertiary/aromatic N) is 3. The van der Waals surface area contributed by atoms with E-state index < -0.39 is 5.97 Å². The second-order valence-corrected chi connectivity index (χ2v) is 5.96. The van der Waals surface area contributed by atoms with Crippen molar-refractivity contribution in [2.45, 2.75) is 6.92 Å². The molecule has 1 aliphatic heterocycles. The Kier molecular flexibility index (Phi) is 4.22. The Balaban J connectivity index is 1.78. The molecule has 0 spiro atoms. The molecule has 3 aromatic rings. The van der Waals surface area contributed by atoms with Crippen LogP contribution in [-0.4, -0.2) is 27.6 Å². The van der Waals surface area contributed by atoms with Crippen molar-refractivity contribution in [3.63, 3.8) is 0 Å². The van der Waals surface area contributed by atoms with Crippen LogP contribution in [0.1, 0.15) is 22.8 Å². The molecular formula is C21H15N3O3. The average Bonchev–Trinajstić information content (AvgIpc) is 3.28. The number of ether oxygens (including phenoxy) is 1. The number of rotatable bonds is 3. The zero-order valence-electron chi connectivity index (χ0n) is 14.5. The summed E-state index contributed by atoms with van der Waals surface area (Å²) < 4.78 is 6.53. The molecule has 2 aromatic carbocycles. The van der Waals surface area contributed by atoms with Crippen LogP contribution in [0.4, 0.5) is 0 Å². The van der Waals surface area contributed by atoms with Gasteiger partial charge in [-0.3, -0.25) is 4.79 Å². The third kappa shape index (κ3) is 3.32. The number of benzene rings is 2. The summed E-state index contributed by atoms with van der Waals surface area (Å²) in [6.45, 7) is 1.42. The van der Waals surface area contributed by atoms with Crippen LogP contribution >= 0.6 is 0 Å². The Hall–Kier alpha value is -3.80. The maximum absolute atomic E-state index is 12.3. The van der Waals surface area contributed by atoms with Crippen LogP contribution in [0.2, 0.25) is 0 Å². The first-order chi connectivity index (χ1) is 13.1. The van der Waals surface area contributed by atoms with Gasteiger partial charge < -0.3 is 4.74 Å². The Labute approximate surface area is 155 Å². The summed E-state index contributed by atoms with van der Waals surface area (Å²) in [4.78, 5) is 28.3. The fraction of sp³-hybridized carbons (Fsp3) is 0.0476. The minimum absolute atomic E-state index is 0.161. The zero-order chi connectivity index (χ0) is 18.8. The molecule has 0 saturated heterocycles. The van der Waals surface area contributed by atoms with E-state index in [1.54, 1.807) is 12.3 Å². The first kappa shape index (κ1) is 16.7. The highest BCUT2D eigenvalue weighted by molar-refractivity contribution is 6.13. The Bertz CT molecular complexity index is 1080. The van der Waals surface area contributed by atoms with Crippen molar-refractivity contribution in [1.29, 1.82) is 0 Å². The topological polar surface area (TPSA) is 73.6 Å². The van der Waals surface area contributed by atoms with Gasteiger partial charge in [-0.15, -0.1) is 0 Å². The summed E-state index contributed by atoms with van der Waals surface area (Å²) in [5.41, 5.74) is 2.92. The fourth-order valence-electron chi connectivity index (χ4n) is 2.74. The van der Waals surface area contributed by atoms with Crippen molar-refractivity contribution in [1.82, 2.24) is 9.78 Å². The molecular weight excluding hydrogens is 342 g/mol. The first-order valence-electron chi connectivity index (χ1n) is 8.36. The zero-order valence-corrected chi connectivity index (χ0v) is 14.5. The van der Waals surface area contributed by atoms with E-state index in [0.29, 0.717) is 11.3 Å². The SMILES string of the molecule is CC(=O)n1cc(C=C2N=C(c3ccccc3)OC2=O)c(-c2ccccc2)n1. The van der Waals surface area contributed by atoms with E-state index in [9.17, 15) is 9.59 Å². The lowest BCUT2D eigenvalue weighted by atomic mass is 10.1. The van der Waals surface area contributed by atoms with Crippen molar-refractivity contribution in [2.75, 3.05) is 0 Å². The fourth-order valence-corrected chi connectivity index (χ4v) is 2.74. The summed E-state index contributed by atoms with van der Waals surface area (Å²) in [6, 6.07) is 18.6. The highest BCUT2D eigenvalue weighted by Crippen LogP contribution is 2.26. The van der Waals surface area contributed by atoms with Gasteiger partial charge in [-0.2, -0.15) is 5.10 Å². The van der Waals surface area contributed by atoms with Crippen LogP contribution in [-0.2, 0) is 9.53 Å². The highest BCUT2D eigenvalue weighted by Gasteiger charge is 2.25. The van der Waals surface area contributed by atoms with Gasteiger partial charge >= 0.3 is 5.97 Å². The molecule has 0 bridgehead atoms. The predicted molar refractivity (Wildman–Crippen MR) is 101 cm³/mol. The van der Waals surface area contributed by atoms with Crippen molar-refractivity contribution in [3.8, 4) is 11.3 Å². The lowest BCUT2D eigenvalue weighted by Crippen LogP contribution is -2.05. The maximum Gasteiger partial charge on any atom is 0.363 e. The van der Waals surface area contributed by atoms with Crippen LogP contribution in [0.15, 0.2) is 77.5 Å². The van der Waals surface area contributed by atoms with Gasteiger partial charge in [0.15, 0.2) is 5.70 Å². The molecule has 0 atom stereocenters. The van der Waals surface area contributed by atoms with Gasteiger partial charge in [-0.25, -0.2) is 14.5 Å². The molecule has 1 aromatic heterocycles. The lowest BCUT2D eigenvalue weighted by molar-refractivity contribution is -0.129.